The van der Waals surface area contributed by atoms with E-state index in [-0.39, 0.29) is 6.04 Å². The van der Waals surface area contributed by atoms with Crippen LogP contribution in [0.2, 0.25) is 0 Å². The topological polar surface area (TPSA) is 12.0 Å². The highest BCUT2D eigenvalue weighted by molar-refractivity contribution is 5.39. The van der Waals surface area contributed by atoms with Crippen LogP contribution in [0.25, 0.3) is 0 Å². The van der Waals surface area contributed by atoms with Crippen molar-refractivity contribution in [3.63, 3.8) is 0 Å². The van der Waals surface area contributed by atoms with Crippen LogP contribution in [-0.2, 0) is 0 Å². The summed E-state index contributed by atoms with van der Waals surface area (Å²) in [6.07, 6.45) is 6.46. The molecule has 0 amide bonds. The van der Waals surface area contributed by atoms with E-state index in [1.165, 1.54) is 22.3 Å². The molecule has 1 heteroatoms. The summed E-state index contributed by atoms with van der Waals surface area (Å²) in [4.78, 5) is 0. The first-order valence-corrected chi connectivity index (χ1v) is 6.29. The minimum absolute atomic E-state index is 0.158. The maximum Gasteiger partial charge on any atom is 0.0688 e. The molecular weight excluding hydrogens is 206 g/mol. The Hall–Kier alpha value is -1.26. The molecule has 0 saturated heterocycles. The molecule has 2 atom stereocenters. The Kier molecular flexibility index (Phi) is 4.78. The van der Waals surface area contributed by atoms with Crippen LogP contribution in [0.3, 0.4) is 0 Å². The molecule has 0 fully saturated rings. The molecule has 1 aromatic rings. The third-order valence-electron chi connectivity index (χ3n) is 3.23. The molecule has 0 aliphatic rings. The van der Waals surface area contributed by atoms with Crippen molar-refractivity contribution in [3.05, 3.63) is 34.4 Å². The van der Waals surface area contributed by atoms with Crippen molar-refractivity contribution < 1.29 is 0 Å². The highest BCUT2D eigenvalue weighted by atomic mass is 14.9. The normalized spacial score (nSPS) is 14.1. The third kappa shape index (κ3) is 3.35. The Balaban J connectivity index is 2.97. The van der Waals surface area contributed by atoms with Gasteiger partial charge in [0, 0.05) is 6.04 Å². The number of rotatable bonds is 4. The standard InChI is InChI=1S/C16H23N/c1-7-15(8-2)17-14(6)16-12(4)9-11(3)10-13(16)5/h1,9-10,14-15,17H,8H2,2-6H3. The fourth-order valence-electron chi connectivity index (χ4n) is 2.54. The van der Waals surface area contributed by atoms with Crippen molar-refractivity contribution in [1.82, 2.24) is 5.32 Å². The lowest BCUT2D eigenvalue weighted by Crippen LogP contribution is -2.30. The van der Waals surface area contributed by atoms with E-state index in [4.69, 9.17) is 6.42 Å². The largest absolute Gasteiger partial charge is 0.297 e. The number of hydrogen-bond acceptors (Lipinski definition) is 1. The molecular formula is C16H23N. The fraction of sp³-hybridized carbons (Fsp3) is 0.500. The monoisotopic (exact) mass is 229 g/mol. The number of terminal acetylenes is 1. The number of aryl methyl sites for hydroxylation is 3. The second kappa shape index (κ2) is 5.89. The van der Waals surface area contributed by atoms with Crippen LogP contribution >= 0.6 is 0 Å². The second-order valence-corrected chi connectivity index (χ2v) is 4.83. The molecule has 1 aromatic carbocycles. The smallest absolute Gasteiger partial charge is 0.0688 e. The molecule has 0 aromatic heterocycles. The zero-order valence-electron chi connectivity index (χ0n) is 11.6. The van der Waals surface area contributed by atoms with Gasteiger partial charge in [-0.1, -0.05) is 30.5 Å². The zero-order valence-corrected chi connectivity index (χ0v) is 11.6. The second-order valence-electron chi connectivity index (χ2n) is 4.83. The van der Waals surface area contributed by atoms with Gasteiger partial charge < -0.3 is 0 Å². The Morgan fingerprint density at radius 3 is 2.18 bits per heavy atom. The average molecular weight is 229 g/mol. The van der Waals surface area contributed by atoms with Gasteiger partial charge in [0.05, 0.1) is 6.04 Å². The first-order valence-electron chi connectivity index (χ1n) is 6.29. The van der Waals surface area contributed by atoms with Crippen molar-refractivity contribution in [1.29, 1.82) is 0 Å². The number of benzene rings is 1. The zero-order chi connectivity index (χ0) is 13.0. The van der Waals surface area contributed by atoms with Gasteiger partial charge in [-0.05, 0) is 50.8 Å². The highest BCUT2D eigenvalue weighted by Crippen LogP contribution is 2.23. The minimum atomic E-state index is 0.158. The van der Waals surface area contributed by atoms with Gasteiger partial charge in [-0.3, -0.25) is 5.32 Å². The molecule has 0 radical (unpaired) electrons. The summed E-state index contributed by atoms with van der Waals surface area (Å²) in [5, 5.41) is 3.50. The maximum absolute atomic E-state index is 5.50. The third-order valence-corrected chi connectivity index (χ3v) is 3.23. The minimum Gasteiger partial charge on any atom is -0.297 e. The molecule has 0 bridgehead atoms. The molecule has 0 aliphatic carbocycles. The van der Waals surface area contributed by atoms with Crippen LogP contribution in [-0.4, -0.2) is 6.04 Å². The molecule has 1 N–H and O–H groups in total. The van der Waals surface area contributed by atoms with Crippen molar-refractivity contribution in [3.8, 4) is 12.3 Å². The van der Waals surface area contributed by atoms with E-state index in [0.717, 1.165) is 6.42 Å². The molecule has 1 nitrogen and oxygen atoms in total. The molecule has 1 rings (SSSR count). The van der Waals surface area contributed by atoms with Gasteiger partial charge in [-0.2, -0.15) is 0 Å². The van der Waals surface area contributed by atoms with E-state index in [2.05, 4.69) is 58.0 Å². The lowest BCUT2D eigenvalue weighted by Gasteiger charge is -2.22. The first-order chi connectivity index (χ1) is 7.99. The fourth-order valence-corrected chi connectivity index (χ4v) is 2.54. The molecule has 92 valence electrons. The Bertz CT molecular complexity index is 403. The highest BCUT2D eigenvalue weighted by Gasteiger charge is 2.14. The quantitative estimate of drug-likeness (QED) is 0.777. The molecule has 0 heterocycles. The van der Waals surface area contributed by atoms with Gasteiger partial charge in [0.25, 0.3) is 0 Å². The van der Waals surface area contributed by atoms with Crippen LogP contribution in [0.4, 0.5) is 0 Å². The van der Waals surface area contributed by atoms with Crippen LogP contribution in [0.15, 0.2) is 12.1 Å². The predicted octanol–water partition coefficient (Wildman–Crippen LogP) is 3.67. The van der Waals surface area contributed by atoms with Crippen LogP contribution in [0.1, 0.15) is 48.6 Å². The Morgan fingerprint density at radius 1 is 1.24 bits per heavy atom. The first kappa shape index (κ1) is 13.8. The van der Waals surface area contributed by atoms with Gasteiger partial charge in [0.15, 0.2) is 0 Å². The van der Waals surface area contributed by atoms with Gasteiger partial charge in [0.1, 0.15) is 0 Å². The van der Waals surface area contributed by atoms with E-state index in [9.17, 15) is 0 Å². The van der Waals surface area contributed by atoms with Crippen molar-refractivity contribution in [2.24, 2.45) is 0 Å². The van der Waals surface area contributed by atoms with E-state index in [1.807, 2.05) is 0 Å². The number of hydrogen-bond donors (Lipinski definition) is 1. The van der Waals surface area contributed by atoms with Crippen molar-refractivity contribution >= 4 is 0 Å². The van der Waals surface area contributed by atoms with Gasteiger partial charge >= 0.3 is 0 Å². The SMILES string of the molecule is C#CC(CC)NC(C)c1c(C)cc(C)cc1C. The lowest BCUT2D eigenvalue weighted by atomic mass is 9.94. The lowest BCUT2D eigenvalue weighted by molar-refractivity contribution is 0.509. The molecule has 0 aliphatic heterocycles. The van der Waals surface area contributed by atoms with Crippen LogP contribution in [0, 0.1) is 33.1 Å². The molecule has 0 saturated carbocycles. The van der Waals surface area contributed by atoms with Gasteiger partial charge in [-0.25, -0.2) is 0 Å². The summed E-state index contributed by atoms with van der Waals surface area (Å²) in [5.41, 5.74) is 5.38. The van der Waals surface area contributed by atoms with E-state index >= 15 is 0 Å². The van der Waals surface area contributed by atoms with E-state index in [0.29, 0.717) is 6.04 Å². The van der Waals surface area contributed by atoms with Crippen LogP contribution in [0.5, 0.6) is 0 Å². The predicted molar refractivity (Wildman–Crippen MR) is 75.1 cm³/mol. The Morgan fingerprint density at radius 2 is 1.76 bits per heavy atom. The summed E-state index contributed by atoms with van der Waals surface area (Å²) < 4.78 is 0. The van der Waals surface area contributed by atoms with Crippen LogP contribution < -0.4 is 5.32 Å². The summed E-state index contributed by atoms with van der Waals surface area (Å²) in [6.45, 7) is 10.8. The number of nitrogens with one attached hydrogen (secondary N) is 1. The molecule has 2 unspecified atom stereocenters. The van der Waals surface area contributed by atoms with E-state index < -0.39 is 0 Å². The van der Waals surface area contributed by atoms with Crippen molar-refractivity contribution in [2.45, 2.75) is 53.1 Å². The average Bonchev–Trinajstić information content (AvgIpc) is 2.24. The van der Waals surface area contributed by atoms with E-state index in [1.54, 1.807) is 0 Å². The summed E-state index contributed by atoms with van der Waals surface area (Å²) >= 11 is 0. The summed E-state index contributed by atoms with van der Waals surface area (Å²) in [6, 6.07) is 4.93. The summed E-state index contributed by atoms with van der Waals surface area (Å²) in [5.74, 6) is 2.79. The van der Waals surface area contributed by atoms with Crippen molar-refractivity contribution in [2.75, 3.05) is 0 Å². The Labute approximate surface area is 106 Å². The maximum atomic E-state index is 5.50. The van der Waals surface area contributed by atoms with Gasteiger partial charge in [-0.15, -0.1) is 6.42 Å². The summed E-state index contributed by atoms with van der Waals surface area (Å²) in [7, 11) is 0. The molecule has 17 heavy (non-hydrogen) atoms. The van der Waals surface area contributed by atoms with Gasteiger partial charge in [0.2, 0.25) is 0 Å². The molecule has 0 spiro atoms.